The van der Waals surface area contributed by atoms with Gasteiger partial charge in [0.15, 0.2) is 0 Å². The minimum atomic E-state index is -4.46. The second-order valence-corrected chi connectivity index (χ2v) is 26.1. The Labute approximate surface area is 514 Å². The zero-order valence-electron chi connectivity index (χ0n) is 55.2. The van der Waals surface area contributed by atoms with Crippen LogP contribution in [0.5, 0.6) is 0 Å². The van der Waals surface area contributed by atoms with E-state index in [0.717, 1.165) is 89.9 Å². The number of ether oxygens (including phenoxy) is 1. The molecule has 0 fully saturated rings. The highest BCUT2D eigenvalue weighted by Crippen LogP contribution is 2.43. The molecule has 0 aliphatic rings. The molecule has 0 saturated carbocycles. The Hall–Kier alpha value is -2.81. The van der Waals surface area contributed by atoms with Crippen molar-refractivity contribution >= 4 is 19.7 Å². The molecule has 0 aromatic carbocycles. The molecule has 0 aliphatic carbocycles. The van der Waals surface area contributed by atoms with E-state index in [1.807, 2.05) is 33.3 Å². The number of likely N-dealkylation sites (N-methyl/N-ethyl adjacent to an activating group) is 1. The highest BCUT2D eigenvalue weighted by molar-refractivity contribution is 7.47. The van der Waals surface area contributed by atoms with Crippen LogP contribution in [-0.4, -0.2) is 74.3 Å². The van der Waals surface area contributed by atoms with Crippen LogP contribution in [-0.2, 0) is 27.9 Å². The molecule has 9 nitrogen and oxygen atoms in total. The lowest BCUT2D eigenvalue weighted by atomic mass is 10.0. The summed E-state index contributed by atoms with van der Waals surface area (Å²) in [4.78, 5) is 37.8. The van der Waals surface area contributed by atoms with Crippen molar-refractivity contribution < 1.29 is 37.3 Å². The number of nitrogens with one attached hydrogen (secondary N) is 1. The van der Waals surface area contributed by atoms with Gasteiger partial charge in [-0.2, -0.15) is 0 Å². The summed E-state index contributed by atoms with van der Waals surface area (Å²) < 4.78 is 30.8. The van der Waals surface area contributed by atoms with Gasteiger partial charge in [0.05, 0.1) is 33.8 Å². The number of unbranched alkanes of at least 4 members (excludes halogenated alkanes) is 35. The monoisotopic (exact) mass is 1180 g/mol. The second-order valence-electron chi connectivity index (χ2n) is 24.7. The number of allylic oxidation sites excluding steroid dienone is 13. The number of phosphoric ester groups is 1. The lowest BCUT2D eigenvalue weighted by Crippen LogP contribution is -2.47. The van der Waals surface area contributed by atoms with Gasteiger partial charge in [-0.1, -0.05) is 286 Å². The number of phosphoric acid groups is 1. The number of esters is 1. The van der Waals surface area contributed by atoms with Crippen molar-refractivity contribution in [1.82, 2.24) is 5.32 Å². The van der Waals surface area contributed by atoms with E-state index in [2.05, 4.69) is 99.0 Å². The lowest BCUT2D eigenvalue weighted by Gasteiger charge is -2.27. The molecule has 0 bridgehead atoms. The normalized spacial score (nSPS) is 14.1. The first-order valence-corrected chi connectivity index (χ1v) is 36.4. The predicted octanol–water partition coefficient (Wildman–Crippen LogP) is 22.1. The SMILES string of the molecule is CC/C=C\C/C=C\C/C=C\C/C=C\C/C=C\CCCCCCCCCCCCCC(=O)NC(COP(=O)(O)OCC[N+](C)(C)C)C(/C=C\CCCCCCCCCCC)OC(=O)CCCCCCCCCCC/C=C/CCCCCCCC. The molecule has 0 saturated heterocycles. The molecule has 0 aromatic heterocycles. The van der Waals surface area contributed by atoms with E-state index in [-0.39, 0.29) is 31.5 Å². The molecule has 0 heterocycles. The van der Waals surface area contributed by atoms with Crippen LogP contribution in [0, 0.1) is 0 Å². The smallest absolute Gasteiger partial charge is 0.456 e. The molecular formula is C73H134N2O7P+. The van der Waals surface area contributed by atoms with Gasteiger partial charge in [-0.25, -0.2) is 4.57 Å². The molecule has 0 radical (unpaired) electrons. The predicted molar refractivity (Wildman–Crippen MR) is 360 cm³/mol. The molecule has 10 heteroatoms. The minimum absolute atomic E-state index is 0.0373. The van der Waals surface area contributed by atoms with Gasteiger partial charge in [-0.05, 0) is 102 Å². The standard InChI is InChI=1S/C73H133N2O7P/c1-7-10-13-16-19-22-25-27-29-31-33-34-35-36-37-38-39-40-42-43-45-47-50-53-56-59-62-65-72(76)74-70(69-81-83(78,79)80-68-67-75(4,5)6)71(64-61-58-55-52-49-24-21-18-15-12-9-3)82-73(77)66-63-60-57-54-51-48-46-44-41-32-30-28-26-23-20-17-14-11-8-2/h10,13,19,22,27-30,33-34,36-37,61,64,70-71H,7-9,11-12,14-18,20-21,23-26,31-32,35,38-60,62-63,65-69H2,1-6H3,(H-,74,76,78,79)/p+1/b13-10-,22-19-,29-27-,30-28+,34-33-,37-36-,64-61-. The molecule has 1 amide bonds. The van der Waals surface area contributed by atoms with E-state index in [1.165, 1.54) is 193 Å². The molecule has 83 heavy (non-hydrogen) atoms. The Morgan fingerprint density at radius 1 is 0.434 bits per heavy atom. The fraction of sp³-hybridized carbons (Fsp3) is 0.781. The van der Waals surface area contributed by atoms with E-state index >= 15 is 0 Å². The van der Waals surface area contributed by atoms with Crippen LogP contribution >= 0.6 is 7.82 Å². The fourth-order valence-electron chi connectivity index (χ4n) is 9.96. The first kappa shape index (κ1) is 80.2. The number of nitrogens with zero attached hydrogens (tertiary/aromatic N) is 1. The third-order valence-electron chi connectivity index (χ3n) is 15.3. The van der Waals surface area contributed by atoms with Crippen molar-refractivity contribution in [2.45, 2.75) is 328 Å². The van der Waals surface area contributed by atoms with Crippen LogP contribution in [0.15, 0.2) is 85.1 Å². The first-order chi connectivity index (χ1) is 40.4. The number of rotatable bonds is 63. The number of hydrogen-bond acceptors (Lipinski definition) is 6. The topological polar surface area (TPSA) is 111 Å². The van der Waals surface area contributed by atoms with Gasteiger partial charge in [0.25, 0.3) is 0 Å². The van der Waals surface area contributed by atoms with Crippen LogP contribution in [0.1, 0.15) is 316 Å². The van der Waals surface area contributed by atoms with Crippen molar-refractivity contribution in [3.8, 4) is 0 Å². The number of amides is 1. The Bertz CT molecular complexity index is 1700. The zero-order valence-corrected chi connectivity index (χ0v) is 56.1. The molecule has 0 spiro atoms. The van der Waals surface area contributed by atoms with Gasteiger partial charge in [-0.3, -0.25) is 18.6 Å². The zero-order chi connectivity index (χ0) is 60.7. The third kappa shape index (κ3) is 63.5. The molecule has 482 valence electrons. The number of carbonyl (C=O) groups excluding carboxylic acids is 2. The third-order valence-corrected chi connectivity index (χ3v) is 16.3. The van der Waals surface area contributed by atoms with Crippen LogP contribution < -0.4 is 5.32 Å². The van der Waals surface area contributed by atoms with Crippen molar-refractivity contribution in [3.63, 3.8) is 0 Å². The Morgan fingerprint density at radius 2 is 0.771 bits per heavy atom. The second kappa shape index (κ2) is 62.2. The Kier molecular flexibility index (Phi) is 60.1. The molecular weight excluding hydrogens is 1050 g/mol. The maximum Gasteiger partial charge on any atom is 0.472 e. The summed E-state index contributed by atoms with van der Waals surface area (Å²) in [5.41, 5.74) is 0. The van der Waals surface area contributed by atoms with Crippen molar-refractivity contribution in [2.75, 3.05) is 40.9 Å². The average Bonchev–Trinajstić information content (AvgIpc) is 3.51. The number of carbonyl (C=O) groups is 2. The van der Waals surface area contributed by atoms with Crippen molar-refractivity contribution in [3.05, 3.63) is 85.1 Å². The van der Waals surface area contributed by atoms with Crippen LogP contribution in [0.2, 0.25) is 0 Å². The van der Waals surface area contributed by atoms with Gasteiger partial charge in [0, 0.05) is 12.8 Å². The average molecular weight is 1180 g/mol. The number of hydrogen-bond donors (Lipinski definition) is 2. The molecule has 3 unspecified atom stereocenters. The highest BCUT2D eigenvalue weighted by Gasteiger charge is 2.30. The summed E-state index contributed by atoms with van der Waals surface area (Å²) in [6.45, 7) is 6.91. The summed E-state index contributed by atoms with van der Waals surface area (Å²) in [6, 6.07) is -0.854. The maximum absolute atomic E-state index is 13.6. The molecule has 0 aromatic rings. The van der Waals surface area contributed by atoms with Gasteiger partial charge >= 0.3 is 13.8 Å². The van der Waals surface area contributed by atoms with E-state index < -0.39 is 20.0 Å². The molecule has 2 N–H and O–H groups in total. The first-order valence-electron chi connectivity index (χ1n) is 34.9. The summed E-state index contributed by atoms with van der Waals surface area (Å²) in [6.07, 6.45) is 83.1. The number of quaternary nitrogens is 1. The summed E-state index contributed by atoms with van der Waals surface area (Å²) >= 11 is 0. The van der Waals surface area contributed by atoms with Gasteiger partial charge < -0.3 is 19.4 Å². The largest absolute Gasteiger partial charge is 0.472 e. The van der Waals surface area contributed by atoms with E-state index in [1.54, 1.807) is 0 Å². The van der Waals surface area contributed by atoms with E-state index in [4.69, 9.17) is 13.8 Å². The summed E-state index contributed by atoms with van der Waals surface area (Å²) in [5, 5.41) is 3.07. The van der Waals surface area contributed by atoms with Gasteiger partial charge in [-0.15, -0.1) is 0 Å². The summed E-state index contributed by atoms with van der Waals surface area (Å²) in [7, 11) is 1.49. The Balaban J connectivity index is 5.03. The van der Waals surface area contributed by atoms with Gasteiger partial charge in [0.1, 0.15) is 19.3 Å². The van der Waals surface area contributed by atoms with Gasteiger partial charge in [0.2, 0.25) is 5.91 Å². The van der Waals surface area contributed by atoms with Crippen LogP contribution in [0.25, 0.3) is 0 Å². The molecule has 3 atom stereocenters. The molecule has 0 rings (SSSR count). The van der Waals surface area contributed by atoms with Crippen molar-refractivity contribution in [1.29, 1.82) is 0 Å². The Morgan fingerprint density at radius 3 is 1.17 bits per heavy atom. The highest BCUT2D eigenvalue weighted by atomic mass is 31.2. The van der Waals surface area contributed by atoms with E-state index in [0.29, 0.717) is 17.4 Å². The van der Waals surface area contributed by atoms with Crippen LogP contribution in [0.4, 0.5) is 0 Å². The molecule has 0 aliphatic heterocycles. The quantitative estimate of drug-likeness (QED) is 0.0205. The maximum atomic E-state index is 13.6. The minimum Gasteiger partial charge on any atom is -0.456 e. The fourth-order valence-corrected chi connectivity index (χ4v) is 10.7. The van der Waals surface area contributed by atoms with Crippen molar-refractivity contribution in [2.24, 2.45) is 0 Å². The lowest BCUT2D eigenvalue weighted by molar-refractivity contribution is -0.870. The van der Waals surface area contributed by atoms with Crippen LogP contribution in [0.3, 0.4) is 0 Å². The summed E-state index contributed by atoms with van der Waals surface area (Å²) in [5.74, 6) is -0.505. The van der Waals surface area contributed by atoms with E-state index in [9.17, 15) is 19.0 Å².